The molecule has 1 rings (SSSR count). The second-order valence-corrected chi connectivity index (χ2v) is 3.72. The van der Waals surface area contributed by atoms with Crippen molar-refractivity contribution in [3.63, 3.8) is 0 Å². The Morgan fingerprint density at radius 3 is 2.65 bits per heavy atom. The van der Waals surface area contributed by atoms with Crippen molar-refractivity contribution in [1.29, 1.82) is 0 Å². The van der Waals surface area contributed by atoms with Gasteiger partial charge >= 0.3 is 5.97 Å². The van der Waals surface area contributed by atoms with Crippen molar-refractivity contribution < 1.29 is 19.4 Å². The van der Waals surface area contributed by atoms with Crippen LogP contribution in [0.25, 0.3) is 0 Å². The van der Waals surface area contributed by atoms with Crippen LogP contribution in [0.1, 0.15) is 22.8 Å². The lowest BCUT2D eigenvalue weighted by Gasteiger charge is -2.05. The first-order valence-corrected chi connectivity index (χ1v) is 5.68. The summed E-state index contributed by atoms with van der Waals surface area (Å²) in [5.74, 6) is -0.868. The Morgan fingerprint density at radius 1 is 1.35 bits per heavy atom. The molecule has 0 aliphatic rings. The number of aromatic hydroxyl groups is 1. The first kappa shape index (κ1) is 13.5. The lowest BCUT2D eigenvalue weighted by molar-refractivity contribution is -0.116. The summed E-state index contributed by atoms with van der Waals surface area (Å²) in [6.07, 6.45) is 0.0876. The van der Waals surface area contributed by atoms with E-state index >= 15 is 0 Å². The summed E-state index contributed by atoms with van der Waals surface area (Å²) in [4.78, 5) is 22.6. The van der Waals surface area contributed by atoms with Gasteiger partial charge in [-0.05, 0) is 30.7 Å². The Kier molecular flexibility index (Phi) is 4.97. The average molecular weight is 257 g/mol. The van der Waals surface area contributed by atoms with Crippen LogP contribution in [0.5, 0.6) is 5.75 Å². The van der Waals surface area contributed by atoms with Gasteiger partial charge in [0.25, 0.3) is 0 Å². The molecular formula is C12H13ClO4. The summed E-state index contributed by atoms with van der Waals surface area (Å²) in [6, 6.07) is 4.24. The molecule has 0 saturated heterocycles. The minimum absolute atomic E-state index is 0.0760. The van der Waals surface area contributed by atoms with E-state index in [0.717, 1.165) is 0 Å². The molecule has 0 fully saturated rings. The largest absolute Gasteiger partial charge is 0.508 e. The van der Waals surface area contributed by atoms with Gasteiger partial charge in [-0.25, -0.2) is 4.79 Å². The number of carbonyl (C=O) groups excluding carboxylic acids is 2. The third kappa shape index (κ3) is 4.07. The molecule has 0 radical (unpaired) electrons. The molecule has 0 amide bonds. The molecule has 0 saturated carbocycles. The maximum Gasteiger partial charge on any atom is 0.338 e. The van der Waals surface area contributed by atoms with Gasteiger partial charge in [-0.1, -0.05) is 0 Å². The lowest BCUT2D eigenvalue weighted by Crippen LogP contribution is -2.07. The molecule has 0 aliphatic heterocycles. The van der Waals surface area contributed by atoms with E-state index in [9.17, 15) is 14.7 Å². The van der Waals surface area contributed by atoms with Crippen LogP contribution >= 0.6 is 11.6 Å². The van der Waals surface area contributed by atoms with E-state index in [1.54, 1.807) is 6.92 Å². The maximum atomic E-state index is 11.5. The maximum absolute atomic E-state index is 11.5. The van der Waals surface area contributed by atoms with E-state index in [1.807, 2.05) is 0 Å². The lowest BCUT2D eigenvalue weighted by atomic mass is 10.1. The Bertz CT molecular complexity index is 429. The molecule has 0 heterocycles. The number of halogens is 1. The van der Waals surface area contributed by atoms with Crippen molar-refractivity contribution in [1.82, 2.24) is 0 Å². The number of rotatable bonds is 5. The summed E-state index contributed by atoms with van der Waals surface area (Å²) in [6.45, 7) is 1.95. The van der Waals surface area contributed by atoms with Crippen molar-refractivity contribution in [2.75, 3.05) is 12.5 Å². The monoisotopic (exact) mass is 256 g/mol. The molecule has 4 nitrogen and oxygen atoms in total. The molecule has 1 aromatic rings. The number of ketones is 1. The van der Waals surface area contributed by atoms with Crippen LogP contribution in [0.4, 0.5) is 0 Å². The predicted molar refractivity (Wildman–Crippen MR) is 63.5 cm³/mol. The normalized spacial score (nSPS) is 10.0. The zero-order chi connectivity index (χ0) is 12.8. The van der Waals surface area contributed by atoms with Crippen molar-refractivity contribution >= 4 is 23.4 Å². The zero-order valence-corrected chi connectivity index (χ0v) is 10.2. The quantitative estimate of drug-likeness (QED) is 0.646. The molecule has 0 aliphatic carbocycles. The number of phenols is 1. The Balaban J connectivity index is 2.93. The van der Waals surface area contributed by atoms with Gasteiger partial charge < -0.3 is 9.84 Å². The molecule has 0 atom stereocenters. The molecule has 5 heteroatoms. The van der Waals surface area contributed by atoms with E-state index < -0.39 is 5.97 Å². The Morgan fingerprint density at radius 2 is 2.06 bits per heavy atom. The molecule has 1 aromatic carbocycles. The molecule has 0 unspecified atom stereocenters. The fraction of sp³-hybridized carbons (Fsp3) is 0.333. The first-order chi connectivity index (χ1) is 8.06. The molecule has 0 spiro atoms. The molecule has 17 heavy (non-hydrogen) atoms. The van der Waals surface area contributed by atoms with Gasteiger partial charge in [-0.15, -0.1) is 11.6 Å². The van der Waals surface area contributed by atoms with Crippen LogP contribution in [-0.2, 0) is 16.0 Å². The van der Waals surface area contributed by atoms with Gasteiger partial charge in [-0.3, -0.25) is 4.79 Å². The van der Waals surface area contributed by atoms with Crippen LogP contribution < -0.4 is 0 Å². The number of hydrogen-bond donors (Lipinski definition) is 1. The van der Waals surface area contributed by atoms with Crippen LogP contribution in [0, 0.1) is 0 Å². The van der Waals surface area contributed by atoms with Gasteiger partial charge in [0, 0.05) is 6.42 Å². The van der Waals surface area contributed by atoms with Crippen LogP contribution in [-0.4, -0.2) is 29.3 Å². The molecule has 92 valence electrons. The number of Topliss-reactive ketones (excluding diaryl/α,β-unsaturated/α-hetero) is 1. The van der Waals surface area contributed by atoms with E-state index in [-0.39, 0.29) is 36.0 Å². The number of carbonyl (C=O) groups is 2. The van der Waals surface area contributed by atoms with E-state index in [4.69, 9.17) is 16.3 Å². The number of phenolic OH excluding ortho intramolecular Hbond substituents is 1. The SMILES string of the molecule is CCOC(=O)c1cc(O)cc(CC(=O)CCl)c1. The minimum atomic E-state index is -0.525. The highest BCUT2D eigenvalue weighted by Crippen LogP contribution is 2.17. The van der Waals surface area contributed by atoms with Gasteiger partial charge in [-0.2, -0.15) is 0 Å². The molecular weight excluding hydrogens is 244 g/mol. The van der Waals surface area contributed by atoms with Crippen molar-refractivity contribution in [2.45, 2.75) is 13.3 Å². The highest BCUT2D eigenvalue weighted by Gasteiger charge is 2.11. The number of esters is 1. The molecule has 0 bridgehead atoms. The van der Waals surface area contributed by atoms with Crippen molar-refractivity contribution in [3.05, 3.63) is 29.3 Å². The highest BCUT2D eigenvalue weighted by molar-refractivity contribution is 6.27. The molecule has 1 N–H and O–H groups in total. The first-order valence-electron chi connectivity index (χ1n) is 5.14. The van der Waals surface area contributed by atoms with Gasteiger partial charge in [0.05, 0.1) is 18.1 Å². The Labute approximate surface area is 104 Å². The summed E-state index contributed by atoms with van der Waals surface area (Å²) < 4.78 is 4.81. The molecule has 0 aromatic heterocycles. The second-order valence-electron chi connectivity index (χ2n) is 3.46. The fourth-order valence-electron chi connectivity index (χ4n) is 1.38. The summed E-state index contributed by atoms with van der Waals surface area (Å²) in [5, 5.41) is 9.44. The van der Waals surface area contributed by atoms with Crippen molar-refractivity contribution in [3.8, 4) is 5.75 Å². The van der Waals surface area contributed by atoms with E-state index in [0.29, 0.717) is 5.56 Å². The summed E-state index contributed by atoms with van der Waals surface area (Å²) in [5.41, 5.74) is 0.767. The standard InChI is InChI=1S/C12H13ClO4/c1-2-17-12(16)9-3-8(4-10(14)6-9)5-11(15)7-13/h3-4,6,14H,2,5,7H2,1H3. The highest BCUT2D eigenvalue weighted by atomic mass is 35.5. The number of hydrogen-bond acceptors (Lipinski definition) is 4. The smallest absolute Gasteiger partial charge is 0.338 e. The fourth-order valence-corrected chi connectivity index (χ4v) is 1.48. The van der Waals surface area contributed by atoms with Gasteiger partial charge in [0.2, 0.25) is 0 Å². The van der Waals surface area contributed by atoms with E-state index in [1.165, 1.54) is 18.2 Å². The predicted octanol–water partition coefficient (Wildman–Crippen LogP) is 1.92. The number of benzene rings is 1. The number of alkyl halides is 1. The van der Waals surface area contributed by atoms with Gasteiger partial charge in [0.1, 0.15) is 5.75 Å². The average Bonchev–Trinajstić information content (AvgIpc) is 2.28. The van der Waals surface area contributed by atoms with Crippen LogP contribution in [0.3, 0.4) is 0 Å². The third-order valence-electron chi connectivity index (χ3n) is 2.04. The second kappa shape index (κ2) is 6.25. The third-order valence-corrected chi connectivity index (χ3v) is 2.34. The van der Waals surface area contributed by atoms with Gasteiger partial charge in [0.15, 0.2) is 5.78 Å². The number of ether oxygens (including phenoxy) is 1. The van der Waals surface area contributed by atoms with Crippen molar-refractivity contribution in [2.24, 2.45) is 0 Å². The Hall–Kier alpha value is -1.55. The topological polar surface area (TPSA) is 63.6 Å². The summed E-state index contributed by atoms with van der Waals surface area (Å²) in [7, 11) is 0. The zero-order valence-electron chi connectivity index (χ0n) is 9.40. The van der Waals surface area contributed by atoms with E-state index in [2.05, 4.69) is 0 Å². The summed E-state index contributed by atoms with van der Waals surface area (Å²) >= 11 is 5.39. The minimum Gasteiger partial charge on any atom is -0.508 e. The van der Waals surface area contributed by atoms with Crippen LogP contribution in [0.15, 0.2) is 18.2 Å². The van der Waals surface area contributed by atoms with Crippen LogP contribution in [0.2, 0.25) is 0 Å².